The Bertz CT molecular complexity index is 1230. The summed E-state index contributed by atoms with van der Waals surface area (Å²) < 4.78 is 11.9. The number of hydrogen-bond donors (Lipinski definition) is 1. The van der Waals surface area contributed by atoms with Gasteiger partial charge in [0.1, 0.15) is 5.75 Å². The molecule has 32 heavy (non-hydrogen) atoms. The van der Waals surface area contributed by atoms with Crippen molar-refractivity contribution in [1.29, 1.82) is 0 Å². The first kappa shape index (κ1) is 21.3. The average Bonchev–Trinajstić information content (AvgIpc) is 3.27. The van der Waals surface area contributed by atoms with Crippen LogP contribution >= 0.6 is 0 Å². The van der Waals surface area contributed by atoms with Crippen molar-refractivity contribution in [1.82, 2.24) is 10.2 Å². The first-order chi connectivity index (χ1) is 15.4. The predicted octanol–water partition coefficient (Wildman–Crippen LogP) is 5.73. The Morgan fingerprint density at radius 1 is 0.906 bits per heavy atom. The molecule has 0 bridgehead atoms. The van der Waals surface area contributed by atoms with Gasteiger partial charge in [0.05, 0.1) is 5.56 Å². The molecular formula is C26H25N3O3. The fourth-order valence-electron chi connectivity index (χ4n) is 3.62. The molecule has 0 radical (unpaired) electrons. The Kier molecular flexibility index (Phi) is 6.03. The van der Waals surface area contributed by atoms with Crippen molar-refractivity contribution in [2.75, 3.05) is 5.32 Å². The summed E-state index contributed by atoms with van der Waals surface area (Å²) in [6, 6.07) is 21.0. The maximum Gasteiger partial charge on any atom is 0.265 e. The molecule has 1 atom stereocenters. The van der Waals surface area contributed by atoms with Crippen molar-refractivity contribution >= 4 is 11.6 Å². The number of benzene rings is 3. The molecule has 1 heterocycles. The van der Waals surface area contributed by atoms with Crippen LogP contribution in [0.1, 0.15) is 23.6 Å². The SMILES string of the molecule is Cc1cc(C)c(NC(=O)C(C)Oc2ccccc2-c2nnc(-c3ccccc3)o2)c(C)c1. The smallest absolute Gasteiger partial charge is 0.265 e. The van der Waals surface area contributed by atoms with Crippen LogP contribution in [0.4, 0.5) is 5.69 Å². The largest absolute Gasteiger partial charge is 0.480 e. The first-order valence-electron chi connectivity index (χ1n) is 10.5. The fourth-order valence-corrected chi connectivity index (χ4v) is 3.62. The van der Waals surface area contributed by atoms with Crippen molar-refractivity contribution in [2.45, 2.75) is 33.8 Å². The number of amides is 1. The third-order valence-electron chi connectivity index (χ3n) is 5.16. The molecular weight excluding hydrogens is 402 g/mol. The van der Waals surface area contributed by atoms with Gasteiger partial charge in [0.15, 0.2) is 6.10 Å². The number of ether oxygens (including phenoxy) is 1. The molecule has 0 saturated carbocycles. The molecule has 3 aromatic carbocycles. The number of aromatic nitrogens is 2. The zero-order valence-corrected chi connectivity index (χ0v) is 18.5. The highest BCUT2D eigenvalue weighted by Gasteiger charge is 2.20. The number of rotatable bonds is 6. The third kappa shape index (κ3) is 4.54. The quantitative estimate of drug-likeness (QED) is 0.425. The summed E-state index contributed by atoms with van der Waals surface area (Å²) >= 11 is 0. The minimum atomic E-state index is -0.729. The van der Waals surface area contributed by atoms with E-state index in [0.29, 0.717) is 23.1 Å². The van der Waals surface area contributed by atoms with E-state index in [1.807, 2.05) is 81.4 Å². The van der Waals surface area contributed by atoms with Gasteiger partial charge in [-0.25, -0.2) is 0 Å². The highest BCUT2D eigenvalue weighted by molar-refractivity contribution is 5.95. The second-order valence-corrected chi connectivity index (χ2v) is 7.80. The molecule has 1 aromatic heterocycles. The summed E-state index contributed by atoms with van der Waals surface area (Å²) in [6.07, 6.45) is -0.729. The average molecular weight is 428 g/mol. The molecule has 4 aromatic rings. The van der Waals surface area contributed by atoms with Gasteiger partial charge in [-0.3, -0.25) is 4.79 Å². The molecule has 0 aliphatic heterocycles. The zero-order chi connectivity index (χ0) is 22.7. The minimum absolute atomic E-state index is 0.231. The van der Waals surface area contributed by atoms with Crippen molar-refractivity contribution in [3.8, 4) is 28.7 Å². The van der Waals surface area contributed by atoms with E-state index in [4.69, 9.17) is 9.15 Å². The van der Waals surface area contributed by atoms with Crippen molar-refractivity contribution < 1.29 is 13.9 Å². The molecule has 0 aliphatic rings. The number of nitrogens with one attached hydrogen (secondary N) is 1. The molecule has 1 N–H and O–H groups in total. The lowest BCUT2D eigenvalue weighted by atomic mass is 10.0. The van der Waals surface area contributed by atoms with Gasteiger partial charge in [-0.2, -0.15) is 0 Å². The molecule has 4 rings (SSSR count). The van der Waals surface area contributed by atoms with Crippen molar-refractivity contribution in [3.63, 3.8) is 0 Å². The lowest BCUT2D eigenvalue weighted by molar-refractivity contribution is -0.122. The second kappa shape index (κ2) is 9.06. The number of carbonyl (C=O) groups excluding carboxylic acids is 1. The van der Waals surface area contributed by atoms with Crippen LogP contribution in [0.3, 0.4) is 0 Å². The Morgan fingerprint density at radius 3 is 2.25 bits per heavy atom. The van der Waals surface area contributed by atoms with Crippen LogP contribution in [0.5, 0.6) is 5.75 Å². The highest BCUT2D eigenvalue weighted by atomic mass is 16.5. The number of anilines is 1. The van der Waals surface area contributed by atoms with Gasteiger partial charge in [-0.15, -0.1) is 10.2 Å². The molecule has 6 nitrogen and oxygen atoms in total. The number of hydrogen-bond acceptors (Lipinski definition) is 5. The lowest BCUT2D eigenvalue weighted by Crippen LogP contribution is -2.30. The lowest BCUT2D eigenvalue weighted by Gasteiger charge is -2.18. The Labute approximate surface area is 187 Å². The molecule has 1 amide bonds. The number of nitrogens with zero attached hydrogens (tertiary/aromatic N) is 2. The summed E-state index contributed by atoms with van der Waals surface area (Å²) in [5.41, 5.74) is 5.47. The van der Waals surface area contributed by atoms with Crippen LogP contribution in [-0.4, -0.2) is 22.2 Å². The maximum atomic E-state index is 12.9. The monoisotopic (exact) mass is 427 g/mol. The van der Waals surface area contributed by atoms with E-state index < -0.39 is 6.10 Å². The molecule has 0 spiro atoms. The topological polar surface area (TPSA) is 77.2 Å². The molecule has 6 heteroatoms. The summed E-state index contributed by atoms with van der Waals surface area (Å²) in [5, 5.41) is 11.3. The molecule has 1 unspecified atom stereocenters. The first-order valence-corrected chi connectivity index (χ1v) is 10.5. The fraction of sp³-hybridized carbons (Fsp3) is 0.192. The summed E-state index contributed by atoms with van der Waals surface area (Å²) in [4.78, 5) is 12.9. The van der Waals surface area contributed by atoms with Crippen LogP contribution in [0.15, 0.2) is 71.1 Å². The van der Waals surface area contributed by atoms with Gasteiger partial charge >= 0.3 is 0 Å². The van der Waals surface area contributed by atoms with Crippen molar-refractivity contribution in [2.24, 2.45) is 0 Å². The summed E-state index contributed by atoms with van der Waals surface area (Å²) in [7, 11) is 0. The number of carbonyl (C=O) groups is 1. The van der Waals surface area contributed by atoms with Crippen LogP contribution in [-0.2, 0) is 4.79 Å². The third-order valence-corrected chi connectivity index (χ3v) is 5.16. The second-order valence-electron chi connectivity index (χ2n) is 7.80. The Morgan fingerprint density at radius 2 is 1.53 bits per heavy atom. The number of aryl methyl sites for hydroxylation is 3. The highest BCUT2D eigenvalue weighted by Crippen LogP contribution is 2.32. The van der Waals surface area contributed by atoms with E-state index in [0.717, 1.165) is 27.9 Å². The van der Waals surface area contributed by atoms with Crippen LogP contribution in [0.25, 0.3) is 22.9 Å². The van der Waals surface area contributed by atoms with E-state index in [1.54, 1.807) is 13.0 Å². The Balaban J connectivity index is 1.54. The van der Waals surface area contributed by atoms with E-state index in [-0.39, 0.29) is 5.91 Å². The molecule has 0 saturated heterocycles. The van der Waals surface area contributed by atoms with E-state index in [2.05, 4.69) is 15.5 Å². The van der Waals surface area contributed by atoms with E-state index in [9.17, 15) is 4.79 Å². The van der Waals surface area contributed by atoms with E-state index >= 15 is 0 Å². The molecule has 162 valence electrons. The summed E-state index contributed by atoms with van der Waals surface area (Å²) in [5.74, 6) is 1.02. The van der Waals surface area contributed by atoms with Crippen LogP contribution in [0, 0.1) is 20.8 Å². The van der Waals surface area contributed by atoms with Gasteiger partial charge in [-0.05, 0) is 63.1 Å². The van der Waals surface area contributed by atoms with Gasteiger partial charge in [0.25, 0.3) is 11.8 Å². The number of para-hydroxylation sites is 1. The van der Waals surface area contributed by atoms with Gasteiger partial charge < -0.3 is 14.5 Å². The van der Waals surface area contributed by atoms with Crippen LogP contribution in [0.2, 0.25) is 0 Å². The predicted molar refractivity (Wildman–Crippen MR) is 125 cm³/mol. The standard InChI is InChI=1S/C26H25N3O3/c1-16-14-17(2)23(18(3)15-16)27-24(30)19(4)31-22-13-9-8-12-21(22)26-29-28-25(32-26)20-10-6-5-7-11-20/h5-15,19H,1-4H3,(H,27,30). The molecule has 0 aliphatic carbocycles. The summed E-state index contributed by atoms with van der Waals surface area (Å²) in [6.45, 7) is 7.72. The van der Waals surface area contributed by atoms with E-state index in [1.165, 1.54) is 0 Å². The van der Waals surface area contributed by atoms with Gasteiger partial charge in [0.2, 0.25) is 5.89 Å². The van der Waals surface area contributed by atoms with Gasteiger partial charge in [-0.1, -0.05) is 48.0 Å². The minimum Gasteiger partial charge on any atom is -0.480 e. The van der Waals surface area contributed by atoms with Gasteiger partial charge in [0, 0.05) is 11.3 Å². The zero-order valence-electron chi connectivity index (χ0n) is 18.5. The Hall–Kier alpha value is -3.93. The maximum absolute atomic E-state index is 12.9. The normalized spacial score (nSPS) is 11.8. The van der Waals surface area contributed by atoms with Crippen LogP contribution < -0.4 is 10.1 Å². The van der Waals surface area contributed by atoms with Crippen molar-refractivity contribution in [3.05, 3.63) is 83.4 Å². The molecule has 0 fully saturated rings.